The number of methoxy groups -OCH3 is 1. The van der Waals surface area contributed by atoms with Crippen molar-refractivity contribution in [2.45, 2.75) is 26.3 Å². The largest absolute Gasteiger partial charge is 0.469 e. The molecule has 1 rings (SSSR count). The summed E-state index contributed by atoms with van der Waals surface area (Å²) in [5, 5.41) is 0. The van der Waals surface area contributed by atoms with Crippen molar-refractivity contribution in [1.29, 1.82) is 0 Å². The Kier molecular flexibility index (Phi) is 4.71. The minimum atomic E-state index is -0.568. The van der Waals surface area contributed by atoms with Crippen LogP contribution in [0.1, 0.15) is 31.9 Å². The molecule has 0 aliphatic rings. The van der Waals surface area contributed by atoms with Crippen molar-refractivity contribution in [3.8, 4) is 0 Å². The lowest BCUT2D eigenvalue weighted by atomic mass is 9.84. The molecule has 0 saturated carbocycles. The van der Waals surface area contributed by atoms with E-state index >= 15 is 0 Å². The fourth-order valence-electron chi connectivity index (χ4n) is 1.74. The Morgan fingerprint density at radius 1 is 1.41 bits per heavy atom. The third-order valence-corrected chi connectivity index (χ3v) is 3.30. The van der Waals surface area contributed by atoms with Crippen LogP contribution in [0.15, 0.2) is 28.7 Å². The molecule has 0 spiro atoms. The first-order valence-electron chi connectivity index (χ1n) is 5.46. The van der Waals surface area contributed by atoms with Crippen molar-refractivity contribution in [3.05, 3.63) is 34.3 Å². The van der Waals surface area contributed by atoms with Gasteiger partial charge < -0.3 is 10.5 Å². The molecule has 4 heteroatoms. The molecule has 0 saturated heterocycles. The van der Waals surface area contributed by atoms with Crippen molar-refractivity contribution in [3.63, 3.8) is 0 Å². The molecule has 0 aliphatic heterocycles. The standard InChI is InChI=1S/C13H18BrNO2/c1-13(2,12(16)17-3)8-11(15)9-4-6-10(14)7-5-9/h4-7,11H,8,15H2,1-3H3. The van der Waals surface area contributed by atoms with Gasteiger partial charge in [0.2, 0.25) is 0 Å². The third kappa shape index (κ3) is 3.82. The SMILES string of the molecule is COC(=O)C(C)(C)CC(N)c1ccc(Br)cc1. The second kappa shape index (κ2) is 5.65. The highest BCUT2D eigenvalue weighted by Crippen LogP contribution is 2.30. The highest BCUT2D eigenvalue weighted by molar-refractivity contribution is 9.10. The van der Waals surface area contributed by atoms with E-state index in [1.807, 2.05) is 38.1 Å². The highest BCUT2D eigenvalue weighted by atomic mass is 79.9. The van der Waals surface area contributed by atoms with E-state index in [1.54, 1.807) is 0 Å². The summed E-state index contributed by atoms with van der Waals surface area (Å²) in [6.07, 6.45) is 0.557. The van der Waals surface area contributed by atoms with E-state index in [2.05, 4.69) is 15.9 Å². The summed E-state index contributed by atoms with van der Waals surface area (Å²) >= 11 is 3.38. The Morgan fingerprint density at radius 2 is 1.94 bits per heavy atom. The smallest absolute Gasteiger partial charge is 0.311 e. The number of carbonyl (C=O) groups is 1. The molecule has 3 nitrogen and oxygen atoms in total. The van der Waals surface area contributed by atoms with Crippen LogP contribution in [0.4, 0.5) is 0 Å². The van der Waals surface area contributed by atoms with E-state index in [1.165, 1.54) is 7.11 Å². The molecule has 1 aromatic carbocycles. The van der Waals surface area contributed by atoms with Gasteiger partial charge in [-0.3, -0.25) is 4.79 Å². The maximum Gasteiger partial charge on any atom is 0.311 e. The van der Waals surface area contributed by atoms with Crippen molar-refractivity contribution in [2.24, 2.45) is 11.1 Å². The first kappa shape index (κ1) is 14.2. The lowest BCUT2D eigenvalue weighted by Gasteiger charge is -2.25. The highest BCUT2D eigenvalue weighted by Gasteiger charge is 2.31. The number of carbonyl (C=O) groups excluding carboxylic acids is 1. The zero-order valence-corrected chi connectivity index (χ0v) is 12.0. The van der Waals surface area contributed by atoms with Crippen LogP contribution < -0.4 is 5.73 Å². The van der Waals surface area contributed by atoms with Crippen LogP contribution in [0.25, 0.3) is 0 Å². The second-order valence-corrected chi connectivity index (χ2v) is 5.65. The first-order valence-corrected chi connectivity index (χ1v) is 6.25. The zero-order valence-electron chi connectivity index (χ0n) is 10.4. The normalized spacial score (nSPS) is 13.2. The second-order valence-electron chi connectivity index (χ2n) is 4.74. The zero-order chi connectivity index (χ0) is 13.1. The topological polar surface area (TPSA) is 52.3 Å². The number of benzene rings is 1. The molecular weight excluding hydrogens is 282 g/mol. The Balaban J connectivity index is 2.75. The summed E-state index contributed by atoms with van der Waals surface area (Å²) in [5.41, 5.74) is 6.55. The lowest BCUT2D eigenvalue weighted by Crippen LogP contribution is -2.30. The van der Waals surface area contributed by atoms with Gasteiger partial charge in [0.1, 0.15) is 0 Å². The van der Waals surface area contributed by atoms with Crippen LogP contribution in [-0.2, 0) is 9.53 Å². The molecule has 1 aromatic rings. The number of hydrogen-bond donors (Lipinski definition) is 1. The molecule has 0 amide bonds. The minimum absolute atomic E-state index is 0.169. The Bertz CT molecular complexity index is 387. The fraction of sp³-hybridized carbons (Fsp3) is 0.462. The number of rotatable bonds is 4. The Labute approximate surface area is 110 Å². The average molecular weight is 300 g/mol. The predicted octanol–water partition coefficient (Wildman–Crippen LogP) is 3.04. The summed E-state index contributed by atoms with van der Waals surface area (Å²) in [4.78, 5) is 11.6. The van der Waals surface area contributed by atoms with E-state index in [9.17, 15) is 4.79 Å². The molecule has 94 valence electrons. The van der Waals surface area contributed by atoms with E-state index < -0.39 is 5.41 Å². The van der Waals surface area contributed by atoms with Crippen molar-refractivity contribution >= 4 is 21.9 Å². The Hall–Kier alpha value is -0.870. The molecule has 0 aromatic heterocycles. The fourth-order valence-corrected chi connectivity index (χ4v) is 2.00. The van der Waals surface area contributed by atoms with Crippen LogP contribution in [0, 0.1) is 5.41 Å². The van der Waals surface area contributed by atoms with E-state index in [0.29, 0.717) is 6.42 Å². The molecule has 0 radical (unpaired) electrons. The van der Waals surface area contributed by atoms with Gasteiger partial charge in [-0.05, 0) is 38.0 Å². The minimum Gasteiger partial charge on any atom is -0.469 e. The first-order chi connectivity index (χ1) is 7.86. The molecule has 0 heterocycles. The average Bonchev–Trinajstić information content (AvgIpc) is 2.28. The quantitative estimate of drug-likeness (QED) is 0.870. The van der Waals surface area contributed by atoms with Crippen LogP contribution in [-0.4, -0.2) is 13.1 Å². The van der Waals surface area contributed by atoms with Crippen LogP contribution in [0.5, 0.6) is 0 Å². The van der Waals surface area contributed by atoms with E-state index in [4.69, 9.17) is 10.5 Å². The third-order valence-electron chi connectivity index (χ3n) is 2.77. The number of halogens is 1. The summed E-state index contributed by atoms with van der Waals surface area (Å²) in [6.45, 7) is 3.69. The number of hydrogen-bond acceptors (Lipinski definition) is 3. The van der Waals surface area contributed by atoms with Crippen molar-refractivity contribution < 1.29 is 9.53 Å². The van der Waals surface area contributed by atoms with Gasteiger partial charge in [0.25, 0.3) is 0 Å². The van der Waals surface area contributed by atoms with Gasteiger partial charge in [-0.2, -0.15) is 0 Å². The van der Waals surface area contributed by atoms with Crippen molar-refractivity contribution in [2.75, 3.05) is 7.11 Å². The molecule has 17 heavy (non-hydrogen) atoms. The van der Waals surface area contributed by atoms with Gasteiger partial charge in [0.05, 0.1) is 12.5 Å². The van der Waals surface area contributed by atoms with Crippen LogP contribution >= 0.6 is 15.9 Å². The van der Waals surface area contributed by atoms with E-state index in [0.717, 1.165) is 10.0 Å². The van der Waals surface area contributed by atoms with E-state index in [-0.39, 0.29) is 12.0 Å². The predicted molar refractivity (Wildman–Crippen MR) is 71.5 cm³/mol. The number of nitrogens with two attached hydrogens (primary N) is 1. The van der Waals surface area contributed by atoms with Gasteiger partial charge in [0, 0.05) is 10.5 Å². The Morgan fingerprint density at radius 3 is 2.41 bits per heavy atom. The molecule has 0 fully saturated rings. The number of ether oxygens (including phenoxy) is 1. The van der Waals surface area contributed by atoms with Gasteiger partial charge in [0.15, 0.2) is 0 Å². The maximum absolute atomic E-state index is 11.6. The summed E-state index contributed by atoms with van der Waals surface area (Å²) < 4.78 is 5.78. The van der Waals surface area contributed by atoms with Crippen LogP contribution in [0.2, 0.25) is 0 Å². The lowest BCUT2D eigenvalue weighted by molar-refractivity contribution is -0.151. The summed E-state index contributed by atoms with van der Waals surface area (Å²) in [5.74, 6) is -0.231. The molecule has 0 aliphatic carbocycles. The van der Waals surface area contributed by atoms with Crippen LogP contribution in [0.3, 0.4) is 0 Å². The molecule has 0 bridgehead atoms. The monoisotopic (exact) mass is 299 g/mol. The van der Waals surface area contributed by atoms with Gasteiger partial charge >= 0.3 is 5.97 Å². The molecule has 1 atom stereocenters. The van der Waals surface area contributed by atoms with Gasteiger partial charge in [-0.25, -0.2) is 0 Å². The van der Waals surface area contributed by atoms with Crippen molar-refractivity contribution in [1.82, 2.24) is 0 Å². The van der Waals surface area contributed by atoms with Gasteiger partial charge in [-0.1, -0.05) is 28.1 Å². The van der Waals surface area contributed by atoms with Gasteiger partial charge in [-0.15, -0.1) is 0 Å². The molecular formula is C13H18BrNO2. The maximum atomic E-state index is 11.6. The summed E-state index contributed by atoms with van der Waals surface area (Å²) in [7, 11) is 1.40. The molecule has 2 N–H and O–H groups in total. The molecule has 1 unspecified atom stereocenters. The summed E-state index contributed by atoms with van der Waals surface area (Å²) in [6, 6.07) is 7.64. The number of esters is 1.